The molecule has 0 saturated heterocycles. The van der Waals surface area contributed by atoms with E-state index in [2.05, 4.69) is 10.3 Å². The van der Waals surface area contributed by atoms with E-state index in [1.165, 1.54) is 37.0 Å². The third-order valence-corrected chi connectivity index (χ3v) is 7.44. The molecule has 0 aliphatic heterocycles. The third kappa shape index (κ3) is 8.42. The van der Waals surface area contributed by atoms with Crippen LogP contribution in [0.2, 0.25) is 0 Å². The monoisotopic (exact) mass is 554 g/mol. The molecule has 3 aromatic rings. The summed E-state index contributed by atoms with van der Waals surface area (Å²) < 4.78 is 51.9. The molecule has 0 radical (unpaired) electrons. The van der Waals surface area contributed by atoms with Crippen LogP contribution in [0.1, 0.15) is 23.0 Å². The van der Waals surface area contributed by atoms with Crippen molar-refractivity contribution in [3.8, 4) is 17.2 Å². The van der Waals surface area contributed by atoms with Crippen LogP contribution in [0.15, 0.2) is 52.7 Å². The van der Waals surface area contributed by atoms with Gasteiger partial charge < -0.3 is 19.1 Å². The number of hydrogen-bond donors (Lipinski definition) is 2. The number of aromatic nitrogens is 1. The summed E-state index contributed by atoms with van der Waals surface area (Å²) in [7, 11) is -5.09. The van der Waals surface area contributed by atoms with Crippen LogP contribution in [0.5, 0.6) is 17.2 Å². The lowest BCUT2D eigenvalue weighted by atomic mass is 10.2. The maximum absolute atomic E-state index is 13.0. The van der Waals surface area contributed by atoms with E-state index >= 15 is 0 Å². The average Bonchev–Trinajstić information content (AvgIpc) is 3.18. The second-order valence-electron chi connectivity index (χ2n) is 8.23. The number of anilines is 1. The van der Waals surface area contributed by atoms with E-state index in [1.54, 1.807) is 24.6 Å². The molecule has 2 N–H and O–H groups in total. The van der Waals surface area contributed by atoms with Crippen molar-refractivity contribution in [2.75, 3.05) is 32.0 Å². The first-order valence-electron chi connectivity index (χ1n) is 10.7. The Bertz CT molecular complexity index is 1370. The van der Waals surface area contributed by atoms with Crippen LogP contribution in [0.4, 0.5) is 5.13 Å². The number of thiazole rings is 1. The first-order chi connectivity index (χ1) is 16.8. The number of benzene rings is 2. The Hall–Kier alpha value is -2.76. The Balaban J connectivity index is 1.85. The van der Waals surface area contributed by atoms with Crippen LogP contribution in [-0.2, 0) is 25.3 Å². The van der Waals surface area contributed by atoms with Crippen molar-refractivity contribution in [1.29, 1.82) is 0 Å². The smallest absolute Gasteiger partial charge is 0.257 e. The molecule has 0 aliphatic carbocycles. The third-order valence-electron chi connectivity index (χ3n) is 4.60. The Morgan fingerprint density at radius 3 is 2.44 bits per heavy atom. The van der Waals surface area contributed by atoms with Crippen LogP contribution in [0, 0.1) is 0 Å². The van der Waals surface area contributed by atoms with Gasteiger partial charge in [-0.15, -0.1) is 11.3 Å². The molecule has 1 aromatic heterocycles. The summed E-state index contributed by atoms with van der Waals surface area (Å²) in [5.74, 6) is 0.540. The highest BCUT2D eigenvalue weighted by Gasteiger charge is 2.17. The average molecular weight is 555 g/mol. The molecule has 13 heteroatoms. The minimum Gasteiger partial charge on any atom is -0.488 e. The molecule has 1 heterocycles. The molecule has 1 amide bonds. The van der Waals surface area contributed by atoms with Crippen molar-refractivity contribution < 1.29 is 36.9 Å². The van der Waals surface area contributed by atoms with Gasteiger partial charge in [-0.05, 0) is 43.3 Å². The van der Waals surface area contributed by atoms with Crippen LogP contribution in [-0.4, -0.2) is 56.9 Å². The fourth-order valence-corrected chi connectivity index (χ4v) is 5.35. The summed E-state index contributed by atoms with van der Waals surface area (Å²) in [6.07, 6.45) is 0.724. The number of nitrogens with one attached hydrogen (secondary N) is 1. The van der Waals surface area contributed by atoms with Crippen molar-refractivity contribution in [2.45, 2.75) is 24.1 Å². The molecular weight excluding hydrogens is 527 g/mol. The molecule has 2 aromatic carbocycles. The molecule has 0 spiro atoms. The van der Waals surface area contributed by atoms with Crippen LogP contribution < -0.4 is 14.8 Å². The van der Waals surface area contributed by atoms with E-state index in [1.807, 2.05) is 6.92 Å². The summed E-state index contributed by atoms with van der Waals surface area (Å²) in [5, 5.41) is 4.57. The van der Waals surface area contributed by atoms with E-state index in [-0.39, 0.29) is 27.9 Å². The zero-order valence-electron chi connectivity index (χ0n) is 20.1. The van der Waals surface area contributed by atoms with Crippen molar-refractivity contribution in [1.82, 2.24) is 4.98 Å². The number of methoxy groups -OCH3 is 1. The molecule has 1 unspecified atom stereocenters. The number of carbonyl (C=O) groups is 1. The van der Waals surface area contributed by atoms with Crippen molar-refractivity contribution in [3.05, 3.63) is 59.1 Å². The second-order valence-corrected chi connectivity index (χ2v) is 13.5. The molecule has 3 rings (SSSR count). The fraction of sp³-hybridized carbons (Fsp3) is 0.304. The Morgan fingerprint density at radius 2 is 1.83 bits per heavy atom. The lowest BCUT2D eigenvalue weighted by molar-refractivity contribution is 0.0916. The molecule has 2 atom stereocenters. The number of nitrogens with zero attached hydrogens (tertiary/aromatic N) is 1. The predicted molar refractivity (Wildman–Crippen MR) is 138 cm³/mol. The Kier molecular flexibility index (Phi) is 8.91. The van der Waals surface area contributed by atoms with Gasteiger partial charge in [0, 0.05) is 37.0 Å². The van der Waals surface area contributed by atoms with Crippen LogP contribution in [0.3, 0.4) is 0 Å². The van der Waals surface area contributed by atoms with Gasteiger partial charge in [0.25, 0.3) is 5.91 Å². The number of ether oxygens (including phenoxy) is 3. The Labute approximate surface area is 213 Å². The van der Waals surface area contributed by atoms with Crippen molar-refractivity contribution in [3.63, 3.8) is 0 Å². The molecule has 194 valence electrons. The number of amides is 1. The quantitative estimate of drug-likeness (QED) is 0.330. The van der Waals surface area contributed by atoms with Gasteiger partial charge in [-0.2, -0.15) is 0 Å². The van der Waals surface area contributed by atoms with Crippen molar-refractivity contribution in [2.24, 2.45) is 0 Å². The Morgan fingerprint density at radius 1 is 1.17 bits per heavy atom. The number of rotatable bonds is 11. The van der Waals surface area contributed by atoms with Crippen LogP contribution >= 0.6 is 18.7 Å². The van der Waals surface area contributed by atoms with Gasteiger partial charge in [-0.1, -0.05) is 0 Å². The molecule has 0 aliphatic rings. The summed E-state index contributed by atoms with van der Waals surface area (Å²) in [6, 6.07) is 10.6. The highest BCUT2D eigenvalue weighted by atomic mass is 32.2. The minimum absolute atomic E-state index is 0.0871. The number of sulfone groups is 1. The minimum atomic E-state index is -3.35. The van der Waals surface area contributed by atoms with Gasteiger partial charge in [-0.3, -0.25) is 14.7 Å². The maximum Gasteiger partial charge on any atom is 0.257 e. The normalized spacial score (nSPS) is 14.0. The van der Waals surface area contributed by atoms with Gasteiger partial charge in [-0.25, -0.2) is 13.4 Å². The topological polar surface area (TPSA) is 141 Å². The molecule has 10 nitrogen and oxygen atoms in total. The van der Waals surface area contributed by atoms with Gasteiger partial charge >= 0.3 is 0 Å². The molecule has 36 heavy (non-hydrogen) atoms. The molecule has 0 saturated carbocycles. The molecule has 0 fully saturated rings. The highest BCUT2D eigenvalue weighted by Crippen LogP contribution is 2.40. The summed E-state index contributed by atoms with van der Waals surface area (Å²) in [4.78, 5) is 26.9. The molecule has 0 bridgehead atoms. The predicted octanol–water partition coefficient (Wildman–Crippen LogP) is 4.41. The zero-order chi connectivity index (χ0) is 26.5. The van der Waals surface area contributed by atoms with Crippen LogP contribution in [0.25, 0.3) is 0 Å². The van der Waals surface area contributed by atoms with E-state index in [4.69, 9.17) is 14.2 Å². The van der Waals surface area contributed by atoms with E-state index in [9.17, 15) is 22.7 Å². The van der Waals surface area contributed by atoms with Gasteiger partial charge in [0.15, 0.2) is 15.0 Å². The summed E-state index contributed by atoms with van der Waals surface area (Å²) in [6.45, 7) is 3.38. The largest absolute Gasteiger partial charge is 0.488 e. The molecular formula is C23H27N2O8PS2. The van der Waals surface area contributed by atoms with Gasteiger partial charge in [0.05, 0.1) is 23.4 Å². The van der Waals surface area contributed by atoms with Crippen molar-refractivity contribution >= 4 is 39.6 Å². The summed E-state index contributed by atoms with van der Waals surface area (Å²) in [5.41, 5.74) is 0.635. The number of hydrogen-bond acceptors (Lipinski definition) is 9. The fourth-order valence-electron chi connectivity index (χ4n) is 3.13. The second kappa shape index (κ2) is 11.5. The van der Waals surface area contributed by atoms with Gasteiger partial charge in [0.2, 0.25) is 7.37 Å². The van der Waals surface area contributed by atoms with E-state index in [0.29, 0.717) is 29.5 Å². The first-order valence-corrected chi connectivity index (χ1v) is 15.7. The van der Waals surface area contributed by atoms with E-state index in [0.717, 1.165) is 17.6 Å². The standard InChI is InChI=1S/C23H27N2O8PS2/c1-15(12-31-2)32-19-9-16(22(26)25-23-24-17(14-35-23)13-34(3,27)28)10-20(11-19)33-18-5-7-21(8-6-18)36(4,29)30/h5-11,14-15H,12-13H2,1-4H3,(H,27,28)(H,24,25,26)/t15-/m0/s1. The van der Waals surface area contributed by atoms with Gasteiger partial charge in [0.1, 0.15) is 23.4 Å². The highest BCUT2D eigenvalue weighted by molar-refractivity contribution is 7.90. The first kappa shape index (κ1) is 27.8. The number of carbonyl (C=O) groups excluding carboxylic acids is 1. The summed E-state index contributed by atoms with van der Waals surface area (Å²) >= 11 is 1.14. The lowest BCUT2D eigenvalue weighted by Crippen LogP contribution is -2.18. The maximum atomic E-state index is 13.0. The lowest BCUT2D eigenvalue weighted by Gasteiger charge is -2.16. The SMILES string of the molecule is COC[C@H](C)Oc1cc(Oc2ccc(S(C)(=O)=O)cc2)cc(C(=O)Nc2nc(CP(C)(=O)O)cs2)c1. The van der Waals surface area contributed by atoms with E-state index < -0.39 is 23.1 Å². The zero-order valence-corrected chi connectivity index (χ0v) is 22.7.